The highest BCUT2D eigenvalue weighted by Gasteiger charge is 2.25. The predicted octanol–water partition coefficient (Wildman–Crippen LogP) is 2.75. The van der Waals surface area contributed by atoms with Gasteiger partial charge in [0.1, 0.15) is 19.2 Å². The highest BCUT2D eigenvalue weighted by molar-refractivity contribution is 6.31. The number of fused-ring (bicyclic) bond motifs is 1. The molecule has 1 aliphatic rings. The molecule has 1 saturated heterocycles. The second kappa shape index (κ2) is 6.28. The second-order valence-electron chi connectivity index (χ2n) is 6.16. The van der Waals surface area contributed by atoms with E-state index in [1.807, 2.05) is 44.6 Å². The van der Waals surface area contributed by atoms with E-state index in [1.165, 1.54) is 6.33 Å². The van der Waals surface area contributed by atoms with Gasteiger partial charge in [0.05, 0.1) is 6.04 Å². The Balaban J connectivity index is 1.50. The molecular weight excluding hydrogens is 326 g/mol. The zero-order valence-corrected chi connectivity index (χ0v) is 13.9. The first-order valence-corrected chi connectivity index (χ1v) is 8.45. The fourth-order valence-corrected chi connectivity index (χ4v) is 3.51. The van der Waals surface area contributed by atoms with Crippen molar-refractivity contribution in [2.45, 2.75) is 25.4 Å². The van der Waals surface area contributed by atoms with E-state index < -0.39 is 0 Å². The molecule has 6 nitrogen and oxygen atoms in total. The lowest BCUT2D eigenvalue weighted by molar-refractivity contribution is -0.133. The summed E-state index contributed by atoms with van der Waals surface area (Å²) < 4.78 is 3.81. The SMILES string of the molecule is O=C(Cn1ccc2ccc(Cl)cc21)N1CCC[C@H](n2cncn2)C1. The lowest BCUT2D eigenvalue weighted by Gasteiger charge is -2.32. The van der Waals surface area contributed by atoms with Crippen molar-refractivity contribution in [1.82, 2.24) is 24.2 Å². The molecule has 0 saturated carbocycles. The summed E-state index contributed by atoms with van der Waals surface area (Å²) in [6.07, 6.45) is 7.21. The van der Waals surface area contributed by atoms with E-state index in [0.717, 1.165) is 30.3 Å². The maximum Gasteiger partial charge on any atom is 0.242 e. The van der Waals surface area contributed by atoms with Crippen LogP contribution in [0.1, 0.15) is 18.9 Å². The number of piperidine rings is 1. The van der Waals surface area contributed by atoms with Crippen LogP contribution >= 0.6 is 11.6 Å². The van der Waals surface area contributed by atoms with Crippen molar-refractivity contribution < 1.29 is 4.79 Å². The molecule has 1 aromatic carbocycles. The molecule has 7 heteroatoms. The highest BCUT2D eigenvalue weighted by atomic mass is 35.5. The molecule has 2 aromatic heterocycles. The van der Waals surface area contributed by atoms with Crippen molar-refractivity contribution >= 4 is 28.4 Å². The van der Waals surface area contributed by atoms with Crippen LogP contribution in [0.2, 0.25) is 5.02 Å². The average Bonchev–Trinajstić information content (AvgIpc) is 3.25. The lowest BCUT2D eigenvalue weighted by Crippen LogP contribution is -2.42. The van der Waals surface area contributed by atoms with Crippen LogP contribution < -0.4 is 0 Å². The summed E-state index contributed by atoms with van der Waals surface area (Å²) >= 11 is 6.08. The van der Waals surface area contributed by atoms with E-state index in [-0.39, 0.29) is 11.9 Å². The molecule has 0 bridgehead atoms. The Morgan fingerprint density at radius 3 is 3.08 bits per heavy atom. The molecular formula is C17H18ClN5O. The molecule has 0 spiro atoms. The van der Waals surface area contributed by atoms with Gasteiger partial charge in [-0.3, -0.25) is 4.79 Å². The largest absolute Gasteiger partial charge is 0.339 e. The molecule has 0 aliphatic carbocycles. The van der Waals surface area contributed by atoms with Gasteiger partial charge < -0.3 is 9.47 Å². The van der Waals surface area contributed by atoms with E-state index in [4.69, 9.17) is 11.6 Å². The van der Waals surface area contributed by atoms with Crippen LogP contribution in [-0.2, 0) is 11.3 Å². The first-order chi connectivity index (χ1) is 11.7. The molecule has 1 fully saturated rings. The molecule has 3 aromatic rings. The molecule has 1 amide bonds. The van der Waals surface area contributed by atoms with Crippen LogP contribution in [0.4, 0.5) is 0 Å². The molecule has 0 radical (unpaired) electrons. The topological polar surface area (TPSA) is 56.0 Å². The molecule has 124 valence electrons. The van der Waals surface area contributed by atoms with Crippen molar-refractivity contribution in [3.05, 3.63) is 48.1 Å². The molecule has 1 aliphatic heterocycles. The lowest BCUT2D eigenvalue weighted by atomic mass is 10.1. The van der Waals surface area contributed by atoms with Crippen LogP contribution in [0.15, 0.2) is 43.1 Å². The number of aromatic nitrogens is 4. The summed E-state index contributed by atoms with van der Waals surface area (Å²) in [6.45, 7) is 1.81. The summed E-state index contributed by atoms with van der Waals surface area (Å²) in [5, 5.41) is 5.98. The fraction of sp³-hybridized carbons (Fsp3) is 0.353. The highest BCUT2D eigenvalue weighted by Crippen LogP contribution is 2.23. The van der Waals surface area contributed by atoms with E-state index in [9.17, 15) is 4.79 Å². The van der Waals surface area contributed by atoms with Crippen LogP contribution in [0.5, 0.6) is 0 Å². The number of rotatable bonds is 3. The number of carbonyl (C=O) groups excluding carboxylic acids is 1. The van der Waals surface area contributed by atoms with Gasteiger partial charge in [-0.15, -0.1) is 0 Å². The third-order valence-electron chi connectivity index (χ3n) is 4.60. The van der Waals surface area contributed by atoms with Crippen LogP contribution in [0, 0.1) is 0 Å². The zero-order chi connectivity index (χ0) is 16.5. The molecule has 4 rings (SSSR count). The van der Waals surface area contributed by atoms with Crippen molar-refractivity contribution in [2.24, 2.45) is 0 Å². The van der Waals surface area contributed by atoms with Crippen LogP contribution in [-0.4, -0.2) is 43.2 Å². The van der Waals surface area contributed by atoms with Crippen molar-refractivity contribution in [1.29, 1.82) is 0 Å². The quantitative estimate of drug-likeness (QED) is 0.734. The minimum absolute atomic E-state index is 0.122. The third kappa shape index (κ3) is 2.89. The number of carbonyl (C=O) groups is 1. The number of hydrogen-bond acceptors (Lipinski definition) is 3. The van der Waals surface area contributed by atoms with Crippen molar-refractivity contribution in [2.75, 3.05) is 13.1 Å². The molecule has 0 unspecified atom stereocenters. The minimum Gasteiger partial charge on any atom is -0.339 e. The number of likely N-dealkylation sites (tertiary alicyclic amines) is 1. The number of halogens is 1. The van der Waals surface area contributed by atoms with Crippen LogP contribution in [0.3, 0.4) is 0 Å². The van der Waals surface area contributed by atoms with Crippen molar-refractivity contribution in [3.8, 4) is 0 Å². The molecule has 24 heavy (non-hydrogen) atoms. The smallest absolute Gasteiger partial charge is 0.242 e. The normalized spacial score (nSPS) is 18.2. The maximum atomic E-state index is 12.7. The van der Waals surface area contributed by atoms with E-state index in [2.05, 4.69) is 10.1 Å². The average molecular weight is 344 g/mol. The van der Waals surface area contributed by atoms with Crippen LogP contribution in [0.25, 0.3) is 10.9 Å². The second-order valence-corrected chi connectivity index (χ2v) is 6.59. The number of nitrogens with zero attached hydrogens (tertiary/aromatic N) is 5. The Labute approximate surface area is 144 Å². The third-order valence-corrected chi connectivity index (χ3v) is 4.84. The van der Waals surface area contributed by atoms with E-state index in [1.54, 1.807) is 6.33 Å². The Morgan fingerprint density at radius 2 is 2.25 bits per heavy atom. The van der Waals surface area contributed by atoms with E-state index in [0.29, 0.717) is 18.1 Å². The van der Waals surface area contributed by atoms with Gasteiger partial charge in [0.25, 0.3) is 0 Å². The van der Waals surface area contributed by atoms with Gasteiger partial charge in [0, 0.05) is 29.8 Å². The first kappa shape index (κ1) is 15.2. The van der Waals surface area contributed by atoms with Gasteiger partial charge in [-0.05, 0) is 36.4 Å². The Hall–Kier alpha value is -2.34. The minimum atomic E-state index is 0.122. The Kier molecular flexibility index (Phi) is 3.98. The summed E-state index contributed by atoms with van der Waals surface area (Å²) in [5.74, 6) is 0.122. The summed E-state index contributed by atoms with van der Waals surface area (Å²) in [5.41, 5.74) is 0.987. The summed E-state index contributed by atoms with van der Waals surface area (Å²) in [4.78, 5) is 18.7. The summed E-state index contributed by atoms with van der Waals surface area (Å²) in [7, 11) is 0. The molecule has 3 heterocycles. The Morgan fingerprint density at radius 1 is 1.33 bits per heavy atom. The van der Waals surface area contributed by atoms with Gasteiger partial charge in [-0.2, -0.15) is 5.10 Å². The number of benzene rings is 1. The van der Waals surface area contributed by atoms with E-state index >= 15 is 0 Å². The van der Waals surface area contributed by atoms with Crippen molar-refractivity contribution in [3.63, 3.8) is 0 Å². The monoisotopic (exact) mass is 343 g/mol. The predicted molar refractivity (Wildman–Crippen MR) is 91.8 cm³/mol. The van der Waals surface area contributed by atoms with Gasteiger partial charge in [-0.25, -0.2) is 9.67 Å². The Bertz CT molecular complexity index is 857. The number of amides is 1. The fourth-order valence-electron chi connectivity index (χ4n) is 3.34. The first-order valence-electron chi connectivity index (χ1n) is 8.07. The zero-order valence-electron chi connectivity index (χ0n) is 13.2. The van der Waals surface area contributed by atoms with Gasteiger partial charge >= 0.3 is 0 Å². The van der Waals surface area contributed by atoms with Gasteiger partial charge in [0.2, 0.25) is 5.91 Å². The number of hydrogen-bond donors (Lipinski definition) is 0. The van der Waals surface area contributed by atoms with Gasteiger partial charge in [0.15, 0.2) is 0 Å². The summed E-state index contributed by atoms with van der Waals surface area (Å²) in [6, 6.07) is 7.95. The molecule has 0 N–H and O–H groups in total. The van der Waals surface area contributed by atoms with Gasteiger partial charge in [-0.1, -0.05) is 17.7 Å². The standard InChI is InChI=1S/C17H18ClN5O/c18-14-4-3-13-5-7-21(16(13)8-14)10-17(24)22-6-1-2-15(9-22)23-12-19-11-20-23/h3-5,7-8,11-12,15H,1-2,6,9-10H2/t15-/m0/s1. The maximum absolute atomic E-state index is 12.7. The molecule has 1 atom stereocenters.